The molecule has 1 radical (unpaired) electrons. The molecular weight excluding hydrogens is 318 g/mol. The number of hydrogen-bond acceptors (Lipinski definition) is 7. The molecule has 12 heteroatoms. The average molecular weight is 329 g/mol. The first-order valence-electron chi connectivity index (χ1n) is 5.69. The second-order valence-electron chi connectivity index (χ2n) is 4.37. The van der Waals surface area contributed by atoms with Crippen LogP contribution < -0.4 is 11.2 Å². The molecule has 21 heavy (non-hydrogen) atoms. The van der Waals surface area contributed by atoms with Gasteiger partial charge in [0.1, 0.15) is 18.3 Å². The van der Waals surface area contributed by atoms with Crippen LogP contribution in [0, 0.1) is 0 Å². The van der Waals surface area contributed by atoms with Crippen LogP contribution in [0.3, 0.4) is 0 Å². The van der Waals surface area contributed by atoms with Gasteiger partial charge in [0.15, 0.2) is 6.23 Å². The van der Waals surface area contributed by atoms with Crippen molar-refractivity contribution >= 4 is 37.4 Å². The quantitative estimate of drug-likeness (QED) is 0.415. The number of ether oxygens (including phenoxy) is 1. The number of aliphatic hydroxyl groups excluding tert-OH is 1. The number of hydrogen-bond donors (Lipinski definition) is 3. The smallest absolute Gasteiger partial charge is 0.394 e. The zero-order valence-electron chi connectivity index (χ0n) is 10.9. The van der Waals surface area contributed by atoms with Gasteiger partial charge in [0, 0.05) is 41.8 Å². The van der Waals surface area contributed by atoms with Gasteiger partial charge >= 0.3 is 13.5 Å². The van der Waals surface area contributed by atoms with Crippen LogP contribution in [-0.4, -0.2) is 74.0 Å². The van der Waals surface area contributed by atoms with Crippen LogP contribution in [0.15, 0.2) is 21.9 Å². The fourth-order valence-corrected chi connectivity index (χ4v) is 3.42. The van der Waals surface area contributed by atoms with Crippen LogP contribution in [0.4, 0.5) is 0 Å². The molecule has 2 aliphatic heterocycles. The maximum Gasteiger partial charge on any atom is 0.473 e. The fourth-order valence-electron chi connectivity index (χ4n) is 2.28. The van der Waals surface area contributed by atoms with E-state index >= 15 is 0 Å². The third-order valence-electron chi connectivity index (χ3n) is 3.10. The molecule has 2 aliphatic rings. The van der Waals surface area contributed by atoms with E-state index in [2.05, 4.69) is 0 Å². The number of aliphatic hydroxyl groups is 1. The third kappa shape index (κ3) is 3.09. The molecule has 10 nitrogen and oxygen atoms in total. The number of H-pyrrole nitrogens is 1. The van der Waals surface area contributed by atoms with Crippen LogP contribution in [0.2, 0.25) is 0 Å². The van der Waals surface area contributed by atoms with Crippen LogP contribution in [0.1, 0.15) is 6.23 Å². The second kappa shape index (κ2) is 6.07. The minimum Gasteiger partial charge on any atom is -0.394 e. The number of aromatic nitrogens is 2. The van der Waals surface area contributed by atoms with Gasteiger partial charge in [0.2, 0.25) is 0 Å². The summed E-state index contributed by atoms with van der Waals surface area (Å²) in [6.45, 7) is -0.473. The molecule has 3 rings (SSSR count). The Morgan fingerprint density at radius 1 is 1.33 bits per heavy atom. The van der Waals surface area contributed by atoms with Crippen LogP contribution >= 0.6 is 7.82 Å². The zero-order chi connectivity index (χ0) is 14.5. The Bertz CT molecular complexity index is 689. The molecule has 1 aromatic heterocycles. The molecule has 0 aliphatic carbocycles. The fraction of sp³-hybridized carbons (Fsp3) is 0.556. The van der Waals surface area contributed by atoms with Gasteiger partial charge in [-0.05, 0) is 0 Å². The predicted octanol–water partition coefficient (Wildman–Crippen LogP) is -2.07. The Hall–Kier alpha value is -0.290. The van der Waals surface area contributed by atoms with Gasteiger partial charge < -0.3 is 14.7 Å². The number of nitrogens with one attached hydrogen (secondary N) is 1. The Balaban J connectivity index is 0.00000161. The summed E-state index contributed by atoms with van der Waals surface area (Å²) >= 11 is 0. The molecule has 5 atom stereocenters. The van der Waals surface area contributed by atoms with Crippen molar-refractivity contribution in [2.24, 2.45) is 0 Å². The van der Waals surface area contributed by atoms with E-state index in [1.54, 1.807) is 0 Å². The third-order valence-corrected chi connectivity index (χ3v) is 4.12. The first-order chi connectivity index (χ1) is 9.41. The van der Waals surface area contributed by atoms with Crippen molar-refractivity contribution in [2.45, 2.75) is 24.5 Å². The number of fused-ring (bicyclic) bond motifs is 1. The maximum atomic E-state index is 11.7. The molecule has 3 heterocycles. The van der Waals surface area contributed by atoms with Crippen molar-refractivity contribution in [3.8, 4) is 0 Å². The Morgan fingerprint density at radius 2 is 2.00 bits per heavy atom. The van der Waals surface area contributed by atoms with Crippen molar-refractivity contribution in [1.82, 2.24) is 9.55 Å². The van der Waals surface area contributed by atoms with Gasteiger partial charge in [-0.1, -0.05) is 0 Å². The summed E-state index contributed by atoms with van der Waals surface area (Å²) in [5, 5.41) is 9.18. The van der Waals surface area contributed by atoms with Gasteiger partial charge in [-0.2, -0.15) is 0 Å². The van der Waals surface area contributed by atoms with E-state index in [4.69, 9.17) is 13.8 Å². The van der Waals surface area contributed by atoms with Crippen molar-refractivity contribution in [3.05, 3.63) is 33.1 Å². The van der Waals surface area contributed by atoms with Crippen molar-refractivity contribution in [2.75, 3.05) is 6.61 Å². The summed E-state index contributed by atoms with van der Waals surface area (Å²) in [6.07, 6.45) is -2.82. The van der Waals surface area contributed by atoms with Gasteiger partial charge in [-0.25, -0.2) is 9.36 Å². The number of nitrogens with zero attached hydrogens (tertiary/aromatic N) is 1. The summed E-state index contributed by atoms with van der Waals surface area (Å²) in [6, 6.07) is 1.10. The second-order valence-corrected chi connectivity index (χ2v) is 5.73. The van der Waals surface area contributed by atoms with Crippen LogP contribution in [0.25, 0.3) is 0 Å². The molecule has 0 amide bonds. The average Bonchev–Trinajstić information content (AvgIpc) is 2.83. The molecular formula is C9H11N2NaO8P. The van der Waals surface area contributed by atoms with E-state index < -0.39 is 50.2 Å². The summed E-state index contributed by atoms with van der Waals surface area (Å²) in [5.74, 6) is 0. The van der Waals surface area contributed by atoms with Crippen molar-refractivity contribution < 1.29 is 28.3 Å². The van der Waals surface area contributed by atoms with E-state index in [1.165, 1.54) is 6.20 Å². The molecule has 2 saturated heterocycles. The van der Waals surface area contributed by atoms with Crippen molar-refractivity contribution in [1.29, 1.82) is 0 Å². The topological polar surface area (TPSA) is 140 Å². The molecule has 0 spiro atoms. The van der Waals surface area contributed by atoms with E-state index in [0.717, 1.165) is 10.6 Å². The Kier molecular flexibility index (Phi) is 4.94. The minimum atomic E-state index is -4.23. The van der Waals surface area contributed by atoms with E-state index in [0.29, 0.717) is 0 Å². The Labute approximate surface area is 139 Å². The maximum absolute atomic E-state index is 11.7. The summed E-state index contributed by atoms with van der Waals surface area (Å²) < 4.78 is 27.5. The molecule has 0 bridgehead atoms. The number of rotatable bonds is 2. The molecule has 0 saturated carbocycles. The van der Waals surface area contributed by atoms with E-state index in [-0.39, 0.29) is 29.6 Å². The number of phosphoric acid groups is 1. The standard InChI is InChI=1S/C9H11N2O8P.Na/c12-3-4-6-7(19-20(15,16)18-6)8(17-4)11-2-1-5(13)10-9(11)14;/h1-2,4,6-8,12H,3H2,(H,15,16)(H,10,13,14);. The first-order valence-corrected chi connectivity index (χ1v) is 7.18. The summed E-state index contributed by atoms with van der Waals surface area (Å²) in [5.41, 5.74) is -1.35. The molecule has 1 aromatic rings. The molecule has 111 valence electrons. The minimum absolute atomic E-state index is 0. The predicted molar refractivity (Wildman–Crippen MR) is 67.6 cm³/mol. The molecule has 0 aromatic carbocycles. The largest absolute Gasteiger partial charge is 0.473 e. The van der Waals surface area contributed by atoms with Crippen LogP contribution in [-0.2, 0) is 18.3 Å². The molecule has 5 unspecified atom stereocenters. The number of aromatic amines is 1. The first kappa shape index (κ1) is 17.1. The summed E-state index contributed by atoms with van der Waals surface area (Å²) in [7, 11) is -4.23. The zero-order valence-corrected chi connectivity index (χ0v) is 13.8. The molecule has 2 fully saturated rings. The molecule has 3 N–H and O–H groups in total. The van der Waals surface area contributed by atoms with E-state index in [1.807, 2.05) is 4.98 Å². The summed E-state index contributed by atoms with van der Waals surface area (Å²) in [4.78, 5) is 34.1. The van der Waals surface area contributed by atoms with E-state index in [9.17, 15) is 24.2 Å². The van der Waals surface area contributed by atoms with Crippen molar-refractivity contribution in [3.63, 3.8) is 0 Å². The number of phosphoric ester groups is 1. The Morgan fingerprint density at radius 3 is 2.62 bits per heavy atom. The van der Waals surface area contributed by atoms with Gasteiger partial charge in [-0.15, -0.1) is 0 Å². The normalized spacial score (nSPS) is 38.0. The van der Waals surface area contributed by atoms with Gasteiger partial charge in [0.05, 0.1) is 6.61 Å². The van der Waals surface area contributed by atoms with Gasteiger partial charge in [0.25, 0.3) is 5.56 Å². The van der Waals surface area contributed by atoms with Crippen LogP contribution in [0.5, 0.6) is 0 Å². The SMILES string of the molecule is O=c1ccn(C2OC(CO)C3OP(=O)(O)OC32)c(=O)[nH]1.[Na]. The van der Waals surface area contributed by atoms with Gasteiger partial charge in [-0.3, -0.25) is 23.4 Å². The monoisotopic (exact) mass is 329 g/mol.